The average molecular weight is 204 g/mol. The summed E-state index contributed by atoms with van der Waals surface area (Å²) in [5.74, 6) is 0.972. The highest BCUT2D eigenvalue weighted by molar-refractivity contribution is 5.57. The third-order valence-corrected chi connectivity index (χ3v) is 2.22. The Morgan fingerprint density at radius 1 is 1.47 bits per heavy atom. The highest BCUT2D eigenvalue weighted by Crippen LogP contribution is 2.15. The summed E-state index contributed by atoms with van der Waals surface area (Å²) in [6, 6.07) is 2.50. The van der Waals surface area contributed by atoms with Crippen LogP contribution in [0.15, 0.2) is 24.7 Å². The second kappa shape index (κ2) is 4.31. The summed E-state index contributed by atoms with van der Waals surface area (Å²) < 4.78 is 0. The fourth-order valence-corrected chi connectivity index (χ4v) is 1.39. The first-order chi connectivity index (χ1) is 7.25. The molecule has 0 bridgehead atoms. The Morgan fingerprint density at radius 2 is 2.33 bits per heavy atom. The highest BCUT2D eigenvalue weighted by atomic mass is 15.0. The van der Waals surface area contributed by atoms with Crippen LogP contribution in [0.4, 0.5) is 0 Å². The molecule has 2 aromatic rings. The molecule has 0 aliphatic carbocycles. The van der Waals surface area contributed by atoms with Crippen molar-refractivity contribution in [2.45, 2.75) is 26.4 Å². The summed E-state index contributed by atoms with van der Waals surface area (Å²) in [5, 5.41) is 3.32. The molecule has 0 atom stereocenters. The van der Waals surface area contributed by atoms with Crippen LogP contribution in [-0.4, -0.2) is 21.0 Å². The quantitative estimate of drug-likeness (QED) is 0.712. The maximum Gasteiger partial charge on any atom is 0.120 e. The molecule has 0 saturated heterocycles. The Balaban J connectivity index is 2.04. The van der Waals surface area contributed by atoms with Crippen LogP contribution in [0.5, 0.6) is 0 Å². The summed E-state index contributed by atoms with van der Waals surface area (Å²) in [5.41, 5.74) is 2.19. The Kier molecular flexibility index (Phi) is 2.87. The van der Waals surface area contributed by atoms with Gasteiger partial charge in [-0.05, 0) is 6.07 Å². The number of imidazole rings is 1. The van der Waals surface area contributed by atoms with Crippen molar-refractivity contribution in [1.29, 1.82) is 0 Å². The van der Waals surface area contributed by atoms with E-state index in [-0.39, 0.29) is 0 Å². The van der Waals surface area contributed by atoms with E-state index in [0.29, 0.717) is 6.04 Å². The molecule has 2 rings (SSSR count). The molecule has 0 aliphatic rings. The van der Waals surface area contributed by atoms with Gasteiger partial charge in [0.15, 0.2) is 0 Å². The van der Waals surface area contributed by atoms with Crippen molar-refractivity contribution < 1.29 is 0 Å². The van der Waals surface area contributed by atoms with Gasteiger partial charge >= 0.3 is 0 Å². The van der Waals surface area contributed by atoms with Crippen LogP contribution in [0.25, 0.3) is 11.3 Å². The van der Waals surface area contributed by atoms with Crippen LogP contribution in [0, 0.1) is 0 Å². The van der Waals surface area contributed by atoms with Crippen LogP contribution in [0.2, 0.25) is 0 Å². The van der Waals surface area contributed by atoms with E-state index in [4.69, 9.17) is 0 Å². The molecule has 2 heterocycles. The van der Waals surface area contributed by atoms with Gasteiger partial charge in [0.1, 0.15) is 5.82 Å². The lowest BCUT2D eigenvalue weighted by molar-refractivity contribution is 0.575. The van der Waals surface area contributed by atoms with Crippen LogP contribution in [0.3, 0.4) is 0 Å². The Morgan fingerprint density at radius 3 is 3.00 bits per heavy atom. The average Bonchev–Trinajstić information content (AvgIpc) is 2.85. The molecule has 0 aliphatic heterocycles. The SMILES string of the molecule is CC(C)NCc1ncc(-c2cc[nH]c2)[nH]1. The highest BCUT2D eigenvalue weighted by Gasteiger charge is 2.03. The minimum Gasteiger partial charge on any atom is -0.367 e. The van der Waals surface area contributed by atoms with Crippen molar-refractivity contribution in [2.24, 2.45) is 0 Å². The van der Waals surface area contributed by atoms with E-state index < -0.39 is 0 Å². The first-order valence-corrected chi connectivity index (χ1v) is 5.16. The van der Waals surface area contributed by atoms with Gasteiger partial charge in [0.25, 0.3) is 0 Å². The van der Waals surface area contributed by atoms with E-state index in [1.807, 2.05) is 24.7 Å². The molecule has 0 fully saturated rings. The van der Waals surface area contributed by atoms with E-state index in [1.54, 1.807) is 0 Å². The Hall–Kier alpha value is -1.55. The van der Waals surface area contributed by atoms with Crippen molar-refractivity contribution in [3.05, 3.63) is 30.5 Å². The maximum atomic E-state index is 4.31. The molecule has 0 amide bonds. The molecular formula is C11H16N4. The lowest BCUT2D eigenvalue weighted by atomic mass is 10.3. The fraction of sp³-hybridized carbons (Fsp3) is 0.364. The van der Waals surface area contributed by atoms with Crippen molar-refractivity contribution in [1.82, 2.24) is 20.3 Å². The first-order valence-electron chi connectivity index (χ1n) is 5.16. The lowest BCUT2D eigenvalue weighted by Gasteiger charge is -2.04. The zero-order chi connectivity index (χ0) is 10.7. The van der Waals surface area contributed by atoms with Gasteiger partial charge in [-0.2, -0.15) is 0 Å². The molecular weight excluding hydrogens is 188 g/mol. The molecule has 3 N–H and O–H groups in total. The van der Waals surface area contributed by atoms with Crippen molar-refractivity contribution in [2.75, 3.05) is 0 Å². The topological polar surface area (TPSA) is 56.5 Å². The number of hydrogen-bond acceptors (Lipinski definition) is 2. The second-order valence-electron chi connectivity index (χ2n) is 3.88. The molecule has 15 heavy (non-hydrogen) atoms. The lowest BCUT2D eigenvalue weighted by Crippen LogP contribution is -2.22. The predicted molar refractivity (Wildman–Crippen MR) is 60.4 cm³/mol. The number of aromatic amines is 2. The third-order valence-electron chi connectivity index (χ3n) is 2.22. The van der Waals surface area contributed by atoms with Gasteiger partial charge in [-0.15, -0.1) is 0 Å². The van der Waals surface area contributed by atoms with Gasteiger partial charge in [-0.3, -0.25) is 0 Å². The predicted octanol–water partition coefficient (Wildman–Crippen LogP) is 1.90. The van der Waals surface area contributed by atoms with E-state index in [2.05, 4.69) is 34.1 Å². The number of aromatic nitrogens is 3. The smallest absolute Gasteiger partial charge is 0.120 e. The second-order valence-corrected chi connectivity index (χ2v) is 3.88. The van der Waals surface area contributed by atoms with E-state index >= 15 is 0 Å². The monoisotopic (exact) mass is 204 g/mol. The summed E-state index contributed by atoms with van der Waals surface area (Å²) in [6.07, 6.45) is 5.72. The van der Waals surface area contributed by atoms with Gasteiger partial charge in [0, 0.05) is 24.0 Å². The molecule has 0 saturated carbocycles. The van der Waals surface area contributed by atoms with Crippen molar-refractivity contribution in [3.8, 4) is 11.3 Å². The summed E-state index contributed by atoms with van der Waals surface area (Å²) in [7, 11) is 0. The number of nitrogens with one attached hydrogen (secondary N) is 3. The summed E-state index contributed by atoms with van der Waals surface area (Å²) in [6.45, 7) is 5.02. The Bertz CT molecular complexity index is 400. The van der Waals surface area contributed by atoms with Gasteiger partial charge in [0.2, 0.25) is 0 Å². The first kappa shape index (κ1) is 9.98. The number of H-pyrrole nitrogens is 2. The molecule has 4 heteroatoms. The van der Waals surface area contributed by atoms with E-state index in [0.717, 1.165) is 23.6 Å². The summed E-state index contributed by atoms with van der Waals surface area (Å²) >= 11 is 0. The molecule has 0 spiro atoms. The van der Waals surface area contributed by atoms with Crippen LogP contribution in [0.1, 0.15) is 19.7 Å². The molecule has 80 valence electrons. The Labute approximate surface area is 89.1 Å². The fourth-order valence-electron chi connectivity index (χ4n) is 1.39. The minimum atomic E-state index is 0.478. The van der Waals surface area contributed by atoms with Gasteiger partial charge < -0.3 is 15.3 Å². The zero-order valence-electron chi connectivity index (χ0n) is 9.04. The maximum absolute atomic E-state index is 4.31. The third kappa shape index (κ3) is 2.47. The van der Waals surface area contributed by atoms with E-state index in [9.17, 15) is 0 Å². The minimum absolute atomic E-state index is 0.478. The molecule has 0 aromatic carbocycles. The number of rotatable bonds is 4. The largest absolute Gasteiger partial charge is 0.367 e. The summed E-state index contributed by atoms with van der Waals surface area (Å²) in [4.78, 5) is 10.6. The molecule has 0 radical (unpaired) electrons. The standard InChI is InChI=1S/C11H16N4/c1-8(2)13-7-11-14-6-10(15-11)9-3-4-12-5-9/h3-6,8,12-13H,7H2,1-2H3,(H,14,15). The number of hydrogen-bond donors (Lipinski definition) is 3. The molecule has 0 unspecified atom stereocenters. The normalized spacial score (nSPS) is 11.1. The van der Waals surface area contributed by atoms with Crippen LogP contribution < -0.4 is 5.32 Å². The van der Waals surface area contributed by atoms with Crippen LogP contribution in [-0.2, 0) is 6.54 Å². The molecule has 4 nitrogen and oxygen atoms in total. The van der Waals surface area contributed by atoms with E-state index in [1.165, 1.54) is 0 Å². The van der Waals surface area contributed by atoms with Crippen molar-refractivity contribution >= 4 is 0 Å². The molecule has 2 aromatic heterocycles. The van der Waals surface area contributed by atoms with Gasteiger partial charge in [-0.1, -0.05) is 13.8 Å². The number of nitrogens with zero attached hydrogens (tertiary/aromatic N) is 1. The van der Waals surface area contributed by atoms with Gasteiger partial charge in [0.05, 0.1) is 18.4 Å². The van der Waals surface area contributed by atoms with Crippen LogP contribution >= 0.6 is 0 Å². The zero-order valence-corrected chi connectivity index (χ0v) is 9.04. The van der Waals surface area contributed by atoms with Gasteiger partial charge in [-0.25, -0.2) is 4.98 Å². The van der Waals surface area contributed by atoms with Crippen molar-refractivity contribution in [3.63, 3.8) is 0 Å².